The van der Waals surface area contributed by atoms with Gasteiger partial charge in [0.1, 0.15) is 6.10 Å². The predicted molar refractivity (Wildman–Crippen MR) is 108 cm³/mol. The highest BCUT2D eigenvalue weighted by Crippen LogP contribution is 2.31. The van der Waals surface area contributed by atoms with Gasteiger partial charge in [-0.15, -0.1) is 0 Å². The summed E-state index contributed by atoms with van der Waals surface area (Å²) >= 11 is 0. The first-order chi connectivity index (χ1) is 13.6. The van der Waals surface area contributed by atoms with E-state index in [1.54, 1.807) is 6.07 Å². The smallest absolute Gasteiger partial charge is 0.333 e. The zero-order valence-electron chi connectivity index (χ0n) is 16.1. The maximum Gasteiger partial charge on any atom is 0.333 e. The number of carbonyl (C=O) groups is 2. The summed E-state index contributed by atoms with van der Waals surface area (Å²) in [7, 11) is 0. The van der Waals surface area contributed by atoms with Crippen molar-refractivity contribution in [3.63, 3.8) is 0 Å². The molecule has 28 heavy (non-hydrogen) atoms. The Morgan fingerprint density at radius 3 is 2.36 bits per heavy atom. The Morgan fingerprint density at radius 1 is 1.04 bits per heavy atom. The van der Waals surface area contributed by atoms with E-state index in [1.165, 1.54) is 6.92 Å². The number of carbonyl (C=O) groups excluding carboxylic acids is 2. The number of nitrogens with one attached hydrogen (secondary N) is 1. The van der Waals surface area contributed by atoms with Crippen LogP contribution < -0.4 is 5.32 Å². The number of anilines is 1. The summed E-state index contributed by atoms with van der Waals surface area (Å²) in [6.45, 7) is 4.56. The van der Waals surface area contributed by atoms with Crippen molar-refractivity contribution >= 4 is 17.4 Å². The van der Waals surface area contributed by atoms with E-state index < -0.39 is 6.04 Å². The van der Waals surface area contributed by atoms with Gasteiger partial charge in [0.05, 0.1) is 0 Å². The number of ketones is 1. The van der Waals surface area contributed by atoms with Crippen LogP contribution in [0.3, 0.4) is 0 Å². The molecule has 146 valence electrons. The number of nitrogens with zero attached hydrogens (tertiary/aromatic N) is 1. The predicted octanol–water partition coefficient (Wildman–Crippen LogP) is 3.68. The maximum absolute atomic E-state index is 13.2. The average molecular weight is 378 g/mol. The summed E-state index contributed by atoms with van der Waals surface area (Å²) in [5.74, 6) is 0.124. The van der Waals surface area contributed by atoms with E-state index in [2.05, 4.69) is 10.2 Å². The van der Waals surface area contributed by atoms with Crippen molar-refractivity contribution in [2.75, 3.05) is 25.0 Å². The lowest BCUT2D eigenvalue weighted by atomic mass is 9.86. The van der Waals surface area contributed by atoms with Gasteiger partial charge in [-0.05, 0) is 56.5 Å². The number of piperidine rings is 3. The zero-order chi connectivity index (χ0) is 19.5. The van der Waals surface area contributed by atoms with E-state index in [-0.39, 0.29) is 17.9 Å². The highest BCUT2D eigenvalue weighted by Gasteiger charge is 2.38. The Balaban J connectivity index is 1.58. The molecule has 2 bridgehead atoms. The summed E-state index contributed by atoms with van der Waals surface area (Å²) in [6, 6.07) is 16.2. The Kier molecular flexibility index (Phi) is 5.44. The van der Waals surface area contributed by atoms with Crippen molar-refractivity contribution in [1.29, 1.82) is 0 Å². The van der Waals surface area contributed by atoms with Crippen molar-refractivity contribution in [3.8, 4) is 0 Å². The molecule has 1 unspecified atom stereocenters. The number of benzene rings is 2. The van der Waals surface area contributed by atoms with Gasteiger partial charge in [-0.25, -0.2) is 4.79 Å². The second-order valence-electron chi connectivity index (χ2n) is 7.70. The number of fused-ring (bicyclic) bond motifs is 3. The topological polar surface area (TPSA) is 58.6 Å². The summed E-state index contributed by atoms with van der Waals surface area (Å²) in [4.78, 5) is 27.6. The molecule has 0 aliphatic carbocycles. The van der Waals surface area contributed by atoms with Crippen molar-refractivity contribution in [2.24, 2.45) is 5.92 Å². The highest BCUT2D eigenvalue weighted by atomic mass is 16.5. The number of para-hydroxylation sites is 1. The van der Waals surface area contributed by atoms with E-state index >= 15 is 0 Å². The van der Waals surface area contributed by atoms with Gasteiger partial charge in [0.15, 0.2) is 11.8 Å². The van der Waals surface area contributed by atoms with Crippen LogP contribution in [0.5, 0.6) is 0 Å². The third-order valence-corrected chi connectivity index (χ3v) is 5.84. The van der Waals surface area contributed by atoms with Crippen LogP contribution >= 0.6 is 0 Å². The summed E-state index contributed by atoms with van der Waals surface area (Å²) in [6.07, 6.45) is 2.13. The van der Waals surface area contributed by atoms with Crippen molar-refractivity contribution < 1.29 is 14.3 Å². The second-order valence-corrected chi connectivity index (χ2v) is 7.70. The number of rotatable bonds is 6. The lowest BCUT2D eigenvalue weighted by molar-refractivity contribution is -0.159. The van der Waals surface area contributed by atoms with Gasteiger partial charge in [-0.3, -0.25) is 9.69 Å². The van der Waals surface area contributed by atoms with E-state index in [4.69, 9.17) is 4.74 Å². The third-order valence-electron chi connectivity index (χ3n) is 5.84. The SMILES string of the molecule is CC(=O)c1ccccc1N[C@@H](C(=O)OC1CN2CCC1CC2)c1ccccc1. The molecule has 0 spiro atoms. The largest absolute Gasteiger partial charge is 0.459 e. The molecule has 3 heterocycles. The molecule has 0 radical (unpaired) electrons. The van der Waals surface area contributed by atoms with Crippen LogP contribution in [0.25, 0.3) is 0 Å². The molecular weight excluding hydrogens is 352 g/mol. The van der Waals surface area contributed by atoms with Crippen LogP contribution in [0.2, 0.25) is 0 Å². The van der Waals surface area contributed by atoms with Gasteiger partial charge in [-0.1, -0.05) is 42.5 Å². The van der Waals surface area contributed by atoms with Gasteiger partial charge in [0.2, 0.25) is 0 Å². The lowest BCUT2D eigenvalue weighted by Gasteiger charge is -2.44. The zero-order valence-corrected chi connectivity index (χ0v) is 16.1. The number of hydrogen-bond acceptors (Lipinski definition) is 5. The minimum Gasteiger partial charge on any atom is -0.459 e. The normalized spacial score (nSPS) is 24.4. The van der Waals surface area contributed by atoms with E-state index in [1.807, 2.05) is 48.5 Å². The van der Waals surface area contributed by atoms with Crippen molar-refractivity contribution in [2.45, 2.75) is 31.9 Å². The van der Waals surface area contributed by atoms with Crippen molar-refractivity contribution in [1.82, 2.24) is 4.90 Å². The van der Waals surface area contributed by atoms with Crippen LogP contribution in [-0.4, -0.2) is 42.4 Å². The first kappa shape index (κ1) is 18.7. The number of esters is 1. The van der Waals surface area contributed by atoms with E-state index in [9.17, 15) is 9.59 Å². The number of Topliss-reactive ketones (excluding diaryl/α,β-unsaturated/α-hetero) is 1. The molecule has 3 saturated heterocycles. The molecule has 3 aliphatic rings. The summed E-state index contributed by atoms with van der Waals surface area (Å²) < 4.78 is 5.99. The molecule has 5 heteroatoms. The molecule has 5 rings (SSSR count). The van der Waals surface area contributed by atoms with E-state index in [0.29, 0.717) is 17.2 Å². The quantitative estimate of drug-likeness (QED) is 0.614. The molecule has 0 saturated carbocycles. The van der Waals surface area contributed by atoms with Crippen LogP contribution in [0.15, 0.2) is 54.6 Å². The lowest BCUT2D eigenvalue weighted by Crippen LogP contribution is -2.52. The molecule has 2 atom stereocenters. The van der Waals surface area contributed by atoms with Gasteiger partial charge < -0.3 is 10.1 Å². The minimum absolute atomic E-state index is 0.0410. The molecule has 3 aliphatic heterocycles. The van der Waals surface area contributed by atoms with Crippen LogP contribution in [0.1, 0.15) is 41.7 Å². The fourth-order valence-electron chi connectivity index (χ4n) is 4.26. The maximum atomic E-state index is 13.2. The van der Waals surface area contributed by atoms with Gasteiger partial charge in [0.25, 0.3) is 0 Å². The third kappa shape index (κ3) is 3.94. The summed E-state index contributed by atoms with van der Waals surface area (Å²) in [5, 5.41) is 3.27. The molecule has 0 aromatic heterocycles. The molecule has 2 aromatic rings. The Morgan fingerprint density at radius 2 is 1.71 bits per heavy atom. The number of ether oxygens (including phenoxy) is 1. The van der Waals surface area contributed by atoms with E-state index in [0.717, 1.165) is 38.0 Å². The molecule has 2 aromatic carbocycles. The average Bonchev–Trinajstić information content (AvgIpc) is 2.73. The van der Waals surface area contributed by atoms with Crippen molar-refractivity contribution in [3.05, 3.63) is 65.7 Å². The minimum atomic E-state index is -0.655. The van der Waals surface area contributed by atoms with Crippen LogP contribution in [-0.2, 0) is 9.53 Å². The van der Waals surface area contributed by atoms with Crippen LogP contribution in [0.4, 0.5) is 5.69 Å². The first-order valence-corrected chi connectivity index (χ1v) is 9.96. The number of hydrogen-bond donors (Lipinski definition) is 1. The second kappa shape index (κ2) is 8.15. The fourth-order valence-corrected chi connectivity index (χ4v) is 4.26. The monoisotopic (exact) mass is 378 g/mol. The highest BCUT2D eigenvalue weighted by molar-refractivity contribution is 6.00. The summed E-state index contributed by atoms with van der Waals surface area (Å²) in [5.41, 5.74) is 2.04. The molecule has 3 fully saturated rings. The van der Waals surface area contributed by atoms with Gasteiger partial charge >= 0.3 is 5.97 Å². The molecule has 5 nitrogen and oxygen atoms in total. The Labute approximate surface area is 165 Å². The standard InChI is InChI=1S/C23H26N2O3/c1-16(26)19-9-5-6-10-20(19)24-22(18-7-3-2-4-8-18)23(27)28-21-15-25-13-11-17(21)12-14-25/h2-10,17,21-22,24H,11-15H2,1H3/t21?,22-/m1/s1. The fraction of sp³-hybridized carbons (Fsp3) is 0.391. The van der Waals surface area contributed by atoms with Gasteiger partial charge in [-0.2, -0.15) is 0 Å². The van der Waals surface area contributed by atoms with Crippen LogP contribution in [0, 0.1) is 5.92 Å². The molecular formula is C23H26N2O3. The first-order valence-electron chi connectivity index (χ1n) is 9.96. The van der Waals surface area contributed by atoms with Gasteiger partial charge in [0, 0.05) is 17.8 Å². The Hall–Kier alpha value is -2.66. The molecule has 0 amide bonds. The Bertz CT molecular complexity index is 844. The molecule has 1 N–H and O–H groups in total.